The molecule has 0 aromatic carbocycles. The van der Waals surface area contributed by atoms with Crippen molar-refractivity contribution in [3.8, 4) is 5.88 Å². The molecule has 0 unspecified atom stereocenters. The summed E-state index contributed by atoms with van der Waals surface area (Å²) in [5, 5.41) is 22.5. The third-order valence-corrected chi connectivity index (χ3v) is 2.07. The molecule has 0 aliphatic rings. The number of hydrogen-bond donors (Lipinski definition) is 2. The number of aromatic nitrogens is 2. The number of aliphatic hydroxyl groups excluding tert-OH is 1. The van der Waals surface area contributed by atoms with Crippen molar-refractivity contribution in [2.45, 2.75) is 20.3 Å². The molecule has 18 heavy (non-hydrogen) atoms. The van der Waals surface area contributed by atoms with E-state index in [9.17, 15) is 10.1 Å². The standard InChI is InChI=1S/C10H16N4O4/c1-3-4-11-10-12-7(2)8(14(16)17)9(13-10)18-6-5-15/h15H,3-6H2,1-2H3,(H,11,12,13). The van der Waals surface area contributed by atoms with E-state index < -0.39 is 4.92 Å². The highest BCUT2D eigenvalue weighted by molar-refractivity contribution is 5.48. The monoisotopic (exact) mass is 256 g/mol. The summed E-state index contributed by atoms with van der Waals surface area (Å²) in [5.41, 5.74) is -0.0490. The molecule has 1 heterocycles. The molecule has 1 aromatic heterocycles. The van der Waals surface area contributed by atoms with E-state index in [4.69, 9.17) is 9.84 Å². The lowest BCUT2D eigenvalue weighted by Gasteiger charge is -2.09. The molecule has 2 N–H and O–H groups in total. The van der Waals surface area contributed by atoms with Crippen molar-refractivity contribution in [2.75, 3.05) is 25.1 Å². The summed E-state index contributed by atoms with van der Waals surface area (Å²) < 4.78 is 5.07. The third kappa shape index (κ3) is 3.52. The van der Waals surface area contributed by atoms with E-state index in [0.717, 1.165) is 6.42 Å². The highest BCUT2D eigenvalue weighted by atomic mass is 16.6. The van der Waals surface area contributed by atoms with Crippen LogP contribution in [0.2, 0.25) is 0 Å². The minimum atomic E-state index is -0.592. The van der Waals surface area contributed by atoms with Gasteiger partial charge in [-0.25, -0.2) is 4.98 Å². The second-order valence-electron chi connectivity index (χ2n) is 3.54. The Hall–Kier alpha value is -1.96. The number of anilines is 1. The fraction of sp³-hybridized carbons (Fsp3) is 0.600. The summed E-state index contributed by atoms with van der Waals surface area (Å²) in [7, 11) is 0. The first-order valence-electron chi connectivity index (χ1n) is 5.60. The molecular weight excluding hydrogens is 240 g/mol. The Morgan fingerprint density at radius 2 is 2.22 bits per heavy atom. The molecule has 0 spiro atoms. The highest BCUT2D eigenvalue weighted by Crippen LogP contribution is 2.28. The first-order valence-corrected chi connectivity index (χ1v) is 5.60. The summed E-state index contributed by atoms with van der Waals surface area (Å²) in [6.45, 7) is 3.87. The van der Waals surface area contributed by atoms with Crippen LogP contribution in [-0.4, -0.2) is 39.8 Å². The van der Waals surface area contributed by atoms with Gasteiger partial charge < -0.3 is 15.2 Å². The molecule has 0 atom stereocenters. The Kier molecular flexibility index (Phi) is 5.25. The van der Waals surface area contributed by atoms with Gasteiger partial charge in [0, 0.05) is 6.54 Å². The Morgan fingerprint density at radius 1 is 1.50 bits per heavy atom. The number of ether oxygens (including phenoxy) is 1. The SMILES string of the molecule is CCCNc1nc(C)c([N+](=O)[O-])c(OCCO)n1. The second-order valence-corrected chi connectivity index (χ2v) is 3.54. The molecule has 0 saturated carbocycles. The van der Waals surface area contributed by atoms with Crippen molar-refractivity contribution in [1.82, 2.24) is 9.97 Å². The van der Waals surface area contributed by atoms with Crippen LogP contribution in [0.25, 0.3) is 0 Å². The molecule has 1 aromatic rings. The van der Waals surface area contributed by atoms with E-state index in [1.807, 2.05) is 6.92 Å². The lowest BCUT2D eigenvalue weighted by Crippen LogP contribution is -2.11. The van der Waals surface area contributed by atoms with E-state index in [-0.39, 0.29) is 36.4 Å². The van der Waals surface area contributed by atoms with Crippen molar-refractivity contribution >= 4 is 11.6 Å². The minimum Gasteiger partial charge on any atom is -0.470 e. The third-order valence-electron chi connectivity index (χ3n) is 2.07. The van der Waals surface area contributed by atoms with Gasteiger partial charge in [0.25, 0.3) is 5.88 Å². The summed E-state index contributed by atoms with van der Waals surface area (Å²) in [6.07, 6.45) is 0.881. The molecule has 0 saturated heterocycles. The van der Waals surface area contributed by atoms with Gasteiger partial charge in [-0.05, 0) is 13.3 Å². The van der Waals surface area contributed by atoms with Crippen LogP contribution < -0.4 is 10.1 Å². The summed E-state index contributed by atoms with van der Waals surface area (Å²) in [4.78, 5) is 18.2. The van der Waals surface area contributed by atoms with Gasteiger partial charge in [0.05, 0.1) is 11.5 Å². The maximum absolute atomic E-state index is 10.9. The van der Waals surface area contributed by atoms with Crippen LogP contribution in [0.5, 0.6) is 5.88 Å². The Balaban J connectivity index is 3.06. The molecule has 8 nitrogen and oxygen atoms in total. The van der Waals surface area contributed by atoms with Crippen LogP contribution in [0.1, 0.15) is 19.0 Å². The Morgan fingerprint density at radius 3 is 2.78 bits per heavy atom. The van der Waals surface area contributed by atoms with Gasteiger partial charge in [-0.1, -0.05) is 6.92 Å². The number of rotatable bonds is 7. The van der Waals surface area contributed by atoms with Crippen molar-refractivity contribution in [1.29, 1.82) is 0 Å². The van der Waals surface area contributed by atoms with Gasteiger partial charge >= 0.3 is 5.69 Å². The number of nitro groups is 1. The lowest BCUT2D eigenvalue weighted by atomic mass is 10.3. The number of hydrogen-bond acceptors (Lipinski definition) is 7. The Labute approximate surface area is 104 Å². The fourth-order valence-corrected chi connectivity index (χ4v) is 1.31. The number of aliphatic hydroxyl groups is 1. The molecule has 0 amide bonds. The van der Waals surface area contributed by atoms with Gasteiger partial charge in [0.1, 0.15) is 12.3 Å². The molecule has 0 radical (unpaired) electrons. The number of nitrogens with zero attached hydrogens (tertiary/aromatic N) is 3. The molecule has 8 heteroatoms. The molecule has 0 aliphatic carbocycles. The summed E-state index contributed by atoms with van der Waals surface area (Å²) in [6, 6.07) is 0. The minimum absolute atomic E-state index is 0.0511. The van der Waals surface area contributed by atoms with E-state index in [2.05, 4.69) is 15.3 Å². The maximum atomic E-state index is 10.9. The number of nitrogens with one attached hydrogen (secondary N) is 1. The van der Waals surface area contributed by atoms with Crippen LogP contribution in [-0.2, 0) is 0 Å². The first-order chi connectivity index (χ1) is 8.60. The largest absolute Gasteiger partial charge is 0.470 e. The Bertz CT molecular complexity index is 425. The average Bonchev–Trinajstić information content (AvgIpc) is 2.32. The van der Waals surface area contributed by atoms with Crippen molar-refractivity contribution < 1.29 is 14.8 Å². The predicted molar refractivity (Wildman–Crippen MR) is 64.8 cm³/mol. The smallest absolute Gasteiger partial charge is 0.352 e. The van der Waals surface area contributed by atoms with Crippen molar-refractivity contribution in [3.63, 3.8) is 0 Å². The van der Waals surface area contributed by atoms with Gasteiger partial charge in [-0.3, -0.25) is 10.1 Å². The number of aryl methyl sites for hydroxylation is 1. The van der Waals surface area contributed by atoms with Crippen molar-refractivity contribution in [2.24, 2.45) is 0 Å². The maximum Gasteiger partial charge on any atom is 0.352 e. The normalized spacial score (nSPS) is 10.2. The van der Waals surface area contributed by atoms with E-state index >= 15 is 0 Å². The molecule has 1 rings (SSSR count). The molecular formula is C10H16N4O4. The van der Waals surface area contributed by atoms with Crippen LogP contribution in [0.4, 0.5) is 11.6 Å². The lowest BCUT2D eigenvalue weighted by molar-refractivity contribution is -0.387. The predicted octanol–water partition coefficient (Wildman–Crippen LogP) is 0.886. The van der Waals surface area contributed by atoms with E-state index in [0.29, 0.717) is 6.54 Å². The zero-order chi connectivity index (χ0) is 13.5. The summed E-state index contributed by atoms with van der Waals surface area (Å²) >= 11 is 0. The van der Waals surface area contributed by atoms with Gasteiger partial charge in [-0.15, -0.1) is 0 Å². The fourth-order valence-electron chi connectivity index (χ4n) is 1.31. The van der Waals surface area contributed by atoms with E-state index in [1.54, 1.807) is 0 Å². The zero-order valence-electron chi connectivity index (χ0n) is 10.3. The molecule has 0 fully saturated rings. The highest BCUT2D eigenvalue weighted by Gasteiger charge is 2.23. The summed E-state index contributed by atoms with van der Waals surface area (Å²) in [5.74, 6) is 0.160. The van der Waals surface area contributed by atoms with Crippen LogP contribution in [0, 0.1) is 17.0 Å². The molecule has 100 valence electrons. The van der Waals surface area contributed by atoms with Gasteiger partial charge in [0.15, 0.2) is 0 Å². The first kappa shape index (κ1) is 14.1. The topological polar surface area (TPSA) is 110 Å². The molecule has 0 bridgehead atoms. The van der Waals surface area contributed by atoms with Gasteiger partial charge in [-0.2, -0.15) is 4.98 Å². The van der Waals surface area contributed by atoms with Crippen LogP contribution in [0.3, 0.4) is 0 Å². The van der Waals surface area contributed by atoms with Crippen LogP contribution in [0.15, 0.2) is 0 Å². The quantitative estimate of drug-likeness (QED) is 0.550. The van der Waals surface area contributed by atoms with Crippen molar-refractivity contribution in [3.05, 3.63) is 15.8 Å². The molecule has 0 aliphatic heterocycles. The zero-order valence-corrected chi connectivity index (χ0v) is 10.3. The van der Waals surface area contributed by atoms with E-state index in [1.165, 1.54) is 6.92 Å². The van der Waals surface area contributed by atoms with Crippen LogP contribution >= 0.6 is 0 Å². The second kappa shape index (κ2) is 6.70. The average molecular weight is 256 g/mol. The van der Waals surface area contributed by atoms with Gasteiger partial charge in [0.2, 0.25) is 5.95 Å².